The topological polar surface area (TPSA) is 45.8 Å². The highest BCUT2D eigenvalue weighted by atomic mass is 79.9. The molecule has 0 amide bonds. The lowest BCUT2D eigenvalue weighted by molar-refractivity contribution is 0.0941. The van der Waals surface area contributed by atoms with Gasteiger partial charge in [0.2, 0.25) is 0 Å². The largest absolute Gasteiger partial charge is 0.345 e. The van der Waals surface area contributed by atoms with E-state index in [1.165, 1.54) is 0 Å². The molecule has 2 aromatic rings. The molecular formula is C13H15BrN2O. The zero-order valence-corrected chi connectivity index (χ0v) is 11.8. The van der Waals surface area contributed by atoms with Crippen molar-refractivity contribution >= 4 is 32.7 Å². The highest BCUT2D eigenvalue weighted by Gasteiger charge is 2.20. The van der Waals surface area contributed by atoms with Crippen molar-refractivity contribution in [2.45, 2.75) is 27.2 Å². The van der Waals surface area contributed by atoms with E-state index >= 15 is 0 Å². The van der Waals surface area contributed by atoms with E-state index < -0.39 is 0 Å². The summed E-state index contributed by atoms with van der Waals surface area (Å²) in [6, 6.07) is 1.93. The molecule has 2 heterocycles. The van der Waals surface area contributed by atoms with Crippen LogP contribution in [0.5, 0.6) is 0 Å². The summed E-state index contributed by atoms with van der Waals surface area (Å²) in [7, 11) is 0. The number of nitrogens with zero attached hydrogens (tertiary/aromatic N) is 1. The van der Waals surface area contributed by atoms with Gasteiger partial charge in [-0.05, 0) is 27.4 Å². The second kappa shape index (κ2) is 4.26. The number of rotatable bonds is 2. The Hall–Kier alpha value is -1.16. The van der Waals surface area contributed by atoms with E-state index in [0.29, 0.717) is 6.42 Å². The maximum Gasteiger partial charge on any atom is 0.165 e. The third-order valence-corrected chi connectivity index (χ3v) is 2.92. The summed E-state index contributed by atoms with van der Waals surface area (Å²) in [5.41, 5.74) is 1.48. The Labute approximate surface area is 109 Å². The van der Waals surface area contributed by atoms with Gasteiger partial charge in [0.15, 0.2) is 5.78 Å². The Balaban J connectivity index is 2.42. The number of halogens is 1. The van der Waals surface area contributed by atoms with Gasteiger partial charge in [-0.1, -0.05) is 20.8 Å². The molecule has 90 valence electrons. The zero-order valence-electron chi connectivity index (χ0n) is 10.2. The summed E-state index contributed by atoms with van der Waals surface area (Å²) in [5, 5.41) is 0.883. The maximum atomic E-state index is 12.2. The van der Waals surface area contributed by atoms with Crippen molar-refractivity contribution in [3.05, 3.63) is 28.5 Å². The summed E-state index contributed by atoms with van der Waals surface area (Å²) < 4.78 is 0.884. The first-order chi connectivity index (χ1) is 7.87. The molecule has 0 unspecified atom stereocenters. The first kappa shape index (κ1) is 12.3. The van der Waals surface area contributed by atoms with Gasteiger partial charge in [-0.15, -0.1) is 0 Å². The molecule has 2 rings (SSSR count). The van der Waals surface area contributed by atoms with Crippen LogP contribution in [0, 0.1) is 5.41 Å². The normalized spacial score (nSPS) is 12.0. The van der Waals surface area contributed by atoms with Crippen LogP contribution in [0.15, 0.2) is 22.9 Å². The number of H-pyrrole nitrogens is 1. The predicted octanol–water partition coefficient (Wildman–Crippen LogP) is 3.94. The van der Waals surface area contributed by atoms with Gasteiger partial charge in [-0.3, -0.25) is 4.79 Å². The third-order valence-electron chi connectivity index (χ3n) is 2.49. The van der Waals surface area contributed by atoms with Crippen molar-refractivity contribution in [1.82, 2.24) is 9.97 Å². The Morgan fingerprint density at radius 1 is 1.47 bits per heavy atom. The van der Waals surface area contributed by atoms with Crippen molar-refractivity contribution in [3.8, 4) is 0 Å². The van der Waals surface area contributed by atoms with Crippen LogP contribution in [0.1, 0.15) is 37.6 Å². The number of carbonyl (C=O) groups is 1. The predicted molar refractivity (Wildman–Crippen MR) is 72.2 cm³/mol. The Bertz CT molecular complexity index is 566. The van der Waals surface area contributed by atoms with Crippen LogP contribution in [0.3, 0.4) is 0 Å². The molecule has 17 heavy (non-hydrogen) atoms. The fourth-order valence-corrected chi connectivity index (χ4v) is 2.12. The molecule has 0 atom stereocenters. The van der Waals surface area contributed by atoms with Gasteiger partial charge >= 0.3 is 0 Å². The minimum Gasteiger partial charge on any atom is -0.345 e. The molecule has 2 aromatic heterocycles. The minimum atomic E-state index is 0.000117. The number of pyridine rings is 1. The molecule has 0 saturated heterocycles. The Morgan fingerprint density at radius 2 is 2.18 bits per heavy atom. The lowest BCUT2D eigenvalue weighted by Crippen LogP contribution is -2.12. The van der Waals surface area contributed by atoms with Crippen LogP contribution >= 0.6 is 15.9 Å². The van der Waals surface area contributed by atoms with Crippen LogP contribution in [0.4, 0.5) is 0 Å². The van der Waals surface area contributed by atoms with Gasteiger partial charge in [-0.25, -0.2) is 4.98 Å². The molecule has 1 N–H and O–H groups in total. The average Bonchev–Trinajstić information content (AvgIpc) is 2.57. The summed E-state index contributed by atoms with van der Waals surface area (Å²) >= 11 is 3.37. The lowest BCUT2D eigenvalue weighted by Gasteiger charge is -2.16. The van der Waals surface area contributed by atoms with E-state index in [0.717, 1.165) is 21.1 Å². The fourth-order valence-electron chi connectivity index (χ4n) is 1.79. The number of carbonyl (C=O) groups excluding carboxylic acids is 1. The Kier molecular flexibility index (Phi) is 3.08. The van der Waals surface area contributed by atoms with Crippen molar-refractivity contribution in [1.29, 1.82) is 0 Å². The molecule has 0 radical (unpaired) electrons. The lowest BCUT2D eigenvalue weighted by atomic mass is 9.88. The summed E-state index contributed by atoms with van der Waals surface area (Å²) in [5.74, 6) is 0.156. The van der Waals surface area contributed by atoms with Crippen LogP contribution < -0.4 is 0 Å². The van der Waals surface area contributed by atoms with Crippen molar-refractivity contribution < 1.29 is 4.79 Å². The monoisotopic (exact) mass is 294 g/mol. The number of hydrogen-bond acceptors (Lipinski definition) is 2. The first-order valence-electron chi connectivity index (χ1n) is 5.53. The van der Waals surface area contributed by atoms with E-state index in [1.807, 2.05) is 6.07 Å². The number of Topliss-reactive ketones (excluding diaryl/α,β-unsaturated/α-hetero) is 1. The van der Waals surface area contributed by atoms with E-state index in [2.05, 4.69) is 46.7 Å². The smallest absolute Gasteiger partial charge is 0.165 e. The molecule has 0 spiro atoms. The van der Waals surface area contributed by atoms with Gasteiger partial charge in [-0.2, -0.15) is 0 Å². The van der Waals surface area contributed by atoms with Crippen LogP contribution in [0.25, 0.3) is 11.0 Å². The molecule has 0 aliphatic heterocycles. The number of aromatic nitrogens is 2. The molecule has 0 aromatic carbocycles. The van der Waals surface area contributed by atoms with E-state index in [-0.39, 0.29) is 11.2 Å². The second-order valence-electron chi connectivity index (χ2n) is 5.41. The molecule has 0 aliphatic rings. The number of fused-ring (bicyclic) bond motifs is 1. The van der Waals surface area contributed by atoms with E-state index in [1.54, 1.807) is 12.4 Å². The highest BCUT2D eigenvalue weighted by Crippen LogP contribution is 2.26. The number of nitrogens with one attached hydrogen (secondary N) is 1. The van der Waals surface area contributed by atoms with Gasteiger partial charge in [0.05, 0.1) is 0 Å². The van der Waals surface area contributed by atoms with Crippen LogP contribution in [0.2, 0.25) is 0 Å². The molecule has 3 nitrogen and oxygen atoms in total. The van der Waals surface area contributed by atoms with Gasteiger partial charge in [0.25, 0.3) is 0 Å². The van der Waals surface area contributed by atoms with Crippen molar-refractivity contribution in [2.24, 2.45) is 5.41 Å². The first-order valence-corrected chi connectivity index (χ1v) is 6.32. The quantitative estimate of drug-likeness (QED) is 0.853. The van der Waals surface area contributed by atoms with Crippen LogP contribution in [-0.4, -0.2) is 15.8 Å². The van der Waals surface area contributed by atoms with Gasteiger partial charge < -0.3 is 4.98 Å². The van der Waals surface area contributed by atoms with E-state index in [9.17, 15) is 4.79 Å². The summed E-state index contributed by atoms with van der Waals surface area (Å²) in [6.45, 7) is 6.19. The maximum absolute atomic E-state index is 12.2. The average molecular weight is 295 g/mol. The van der Waals surface area contributed by atoms with Gasteiger partial charge in [0, 0.05) is 34.2 Å². The summed E-state index contributed by atoms with van der Waals surface area (Å²) in [6.07, 6.45) is 4.00. The minimum absolute atomic E-state index is 0.000117. The highest BCUT2D eigenvalue weighted by molar-refractivity contribution is 9.10. The van der Waals surface area contributed by atoms with Gasteiger partial charge in [0.1, 0.15) is 5.65 Å². The second-order valence-corrected chi connectivity index (χ2v) is 6.33. The standard InChI is InChI=1S/C13H15BrN2O/c1-13(2,3)5-11(17)10-7-16-12-9(10)4-8(14)6-15-12/h4,6-7H,5H2,1-3H3,(H,15,16). The van der Waals surface area contributed by atoms with Crippen molar-refractivity contribution in [2.75, 3.05) is 0 Å². The SMILES string of the molecule is CC(C)(C)CC(=O)c1c[nH]c2ncc(Br)cc12. The number of ketones is 1. The van der Waals surface area contributed by atoms with Crippen molar-refractivity contribution in [3.63, 3.8) is 0 Å². The van der Waals surface area contributed by atoms with E-state index in [4.69, 9.17) is 0 Å². The fraction of sp³-hybridized carbons (Fsp3) is 0.385. The third kappa shape index (κ3) is 2.75. The molecule has 0 saturated carbocycles. The van der Waals surface area contributed by atoms with Crippen LogP contribution in [-0.2, 0) is 0 Å². The molecule has 4 heteroatoms. The Morgan fingerprint density at radius 3 is 2.82 bits per heavy atom. The molecule has 0 aliphatic carbocycles. The summed E-state index contributed by atoms with van der Waals surface area (Å²) in [4.78, 5) is 19.4. The number of hydrogen-bond donors (Lipinski definition) is 1. The molecular weight excluding hydrogens is 280 g/mol. The zero-order chi connectivity index (χ0) is 12.6. The molecule has 0 bridgehead atoms. The number of aromatic amines is 1. The molecule has 0 fully saturated rings.